The van der Waals surface area contributed by atoms with Crippen LogP contribution in [0.15, 0.2) is 109 Å². The first kappa shape index (κ1) is 24.3. The molecule has 0 aliphatic heterocycles. The molecule has 1 amide bonds. The third-order valence-electron chi connectivity index (χ3n) is 6.13. The number of carbonyl (C=O) groups is 2. The molecule has 0 radical (unpaired) electrons. The molecule has 0 atom stereocenters. The minimum absolute atomic E-state index is 0.0431. The summed E-state index contributed by atoms with van der Waals surface area (Å²) in [7, 11) is 0. The van der Waals surface area contributed by atoms with Crippen LogP contribution in [0.2, 0.25) is 0 Å². The summed E-state index contributed by atoms with van der Waals surface area (Å²) < 4.78 is 0. The summed E-state index contributed by atoms with van der Waals surface area (Å²) >= 11 is 1.44. The van der Waals surface area contributed by atoms with Crippen LogP contribution in [0.25, 0.3) is 32.8 Å². The Hall–Kier alpha value is -4.35. The lowest BCUT2D eigenvalue weighted by Crippen LogP contribution is -2.13. The molecule has 4 aromatic carbocycles. The number of carbonyl (C=O) groups excluding carboxylic acids is 2. The van der Waals surface area contributed by atoms with Crippen molar-refractivity contribution in [2.75, 3.05) is 5.32 Å². The molecule has 0 aliphatic carbocycles. The fraction of sp³-hybridized carbons (Fsp3) is 0.0938. The van der Waals surface area contributed by atoms with Gasteiger partial charge in [-0.05, 0) is 23.6 Å². The Morgan fingerprint density at radius 1 is 0.676 bits per heavy atom. The number of Topliss-reactive ketones (excluding diaryl/α,β-unsaturated/α-hetero) is 1. The summed E-state index contributed by atoms with van der Waals surface area (Å²) in [6, 6.07) is 36.0. The highest BCUT2D eigenvalue weighted by Gasteiger charge is 2.17. The van der Waals surface area contributed by atoms with Crippen LogP contribution in [0.3, 0.4) is 0 Å². The zero-order chi connectivity index (χ0) is 25.6. The first-order valence-corrected chi connectivity index (χ1v) is 13.0. The first-order valence-electron chi connectivity index (χ1n) is 12.2. The third kappa shape index (κ3) is 5.90. The van der Waals surface area contributed by atoms with E-state index < -0.39 is 0 Å². The lowest BCUT2D eigenvalue weighted by atomic mass is 10.0. The monoisotopic (exact) mass is 502 g/mol. The highest BCUT2D eigenvalue weighted by molar-refractivity contribution is 7.19. The first-order chi connectivity index (χ1) is 18.1. The zero-order valence-corrected chi connectivity index (χ0v) is 21.3. The Labute approximate surface area is 220 Å². The van der Waals surface area contributed by atoms with Crippen molar-refractivity contribution in [2.45, 2.75) is 19.8 Å². The lowest BCUT2D eigenvalue weighted by Gasteiger charge is -2.05. The fourth-order valence-corrected chi connectivity index (χ4v) is 5.11. The fourth-order valence-electron chi connectivity index (χ4n) is 4.10. The Kier molecular flexibility index (Phi) is 7.33. The van der Waals surface area contributed by atoms with Gasteiger partial charge in [0.1, 0.15) is 0 Å². The highest BCUT2D eigenvalue weighted by atomic mass is 32.1. The second-order valence-electron chi connectivity index (χ2n) is 8.84. The molecule has 37 heavy (non-hydrogen) atoms. The van der Waals surface area contributed by atoms with E-state index in [4.69, 9.17) is 4.98 Å². The molecule has 0 saturated carbocycles. The van der Waals surface area contributed by atoms with Crippen LogP contribution >= 0.6 is 11.3 Å². The predicted molar refractivity (Wildman–Crippen MR) is 152 cm³/mol. The van der Waals surface area contributed by atoms with E-state index >= 15 is 0 Å². The minimum Gasteiger partial charge on any atom is -0.302 e. The molecule has 182 valence electrons. The summed E-state index contributed by atoms with van der Waals surface area (Å²) in [5.74, 6) is -0.266. The molecule has 0 aliphatic rings. The largest absolute Gasteiger partial charge is 0.302 e. The summed E-state index contributed by atoms with van der Waals surface area (Å²) in [5.41, 5.74) is 6.86. The van der Waals surface area contributed by atoms with Gasteiger partial charge in [0, 0.05) is 24.0 Å². The molecule has 0 bridgehead atoms. The molecular formula is C32H26N2O2S. The van der Waals surface area contributed by atoms with Crippen molar-refractivity contribution in [2.24, 2.45) is 0 Å². The van der Waals surface area contributed by atoms with Crippen LogP contribution in [0.5, 0.6) is 0 Å². The highest BCUT2D eigenvalue weighted by Crippen LogP contribution is 2.39. The molecular weight excluding hydrogens is 476 g/mol. The zero-order valence-electron chi connectivity index (χ0n) is 20.5. The molecule has 1 heterocycles. The van der Waals surface area contributed by atoms with E-state index in [9.17, 15) is 9.59 Å². The van der Waals surface area contributed by atoms with Crippen LogP contribution in [-0.2, 0) is 4.79 Å². The molecule has 0 fully saturated rings. The van der Waals surface area contributed by atoms with Crippen molar-refractivity contribution in [1.29, 1.82) is 0 Å². The number of ketones is 1. The van der Waals surface area contributed by atoms with E-state index in [2.05, 4.69) is 41.7 Å². The van der Waals surface area contributed by atoms with Crippen LogP contribution in [0, 0.1) is 6.92 Å². The number of anilines is 1. The molecule has 1 aromatic heterocycles. The van der Waals surface area contributed by atoms with Gasteiger partial charge in [-0.1, -0.05) is 126 Å². The van der Waals surface area contributed by atoms with Gasteiger partial charge in [-0.3, -0.25) is 9.59 Å². The number of amides is 1. The van der Waals surface area contributed by atoms with Crippen molar-refractivity contribution >= 4 is 28.2 Å². The van der Waals surface area contributed by atoms with Gasteiger partial charge in [0.05, 0.1) is 10.6 Å². The van der Waals surface area contributed by atoms with Gasteiger partial charge >= 0.3 is 0 Å². The van der Waals surface area contributed by atoms with Crippen molar-refractivity contribution in [3.63, 3.8) is 0 Å². The van der Waals surface area contributed by atoms with Gasteiger partial charge in [0.15, 0.2) is 10.9 Å². The number of aryl methyl sites for hydroxylation is 1. The van der Waals surface area contributed by atoms with E-state index in [1.165, 1.54) is 11.3 Å². The van der Waals surface area contributed by atoms with Gasteiger partial charge < -0.3 is 5.32 Å². The van der Waals surface area contributed by atoms with Crippen LogP contribution in [-0.4, -0.2) is 16.7 Å². The molecule has 1 N–H and O–H groups in total. The second kappa shape index (κ2) is 11.1. The number of aromatic nitrogens is 1. The normalized spacial score (nSPS) is 10.7. The summed E-state index contributed by atoms with van der Waals surface area (Å²) in [6.07, 6.45) is 0.258. The molecule has 0 spiro atoms. The van der Waals surface area contributed by atoms with E-state index in [0.29, 0.717) is 10.7 Å². The lowest BCUT2D eigenvalue weighted by molar-refractivity contribution is -0.116. The maximum absolute atomic E-state index is 12.7. The molecule has 4 nitrogen and oxygen atoms in total. The summed E-state index contributed by atoms with van der Waals surface area (Å²) in [6.45, 7) is 1.98. The van der Waals surface area contributed by atoms with Crippen molar-refractivity contribution < 1.29 is 9.59 Å². The van der Waals surface area contributed by atoms with Crippen LogP contribution in [0.1, 0.15) is 28.8 Å². The Morgan fingerprint density at radius 3 is 1.89 bits per heavy atom. The Bertz CT molecular complexity index is 1510. The number of nitrogens with zero attached hydrogens (tertiary/aromatic N) is 1. The van der Waals surface area contributed by atoms with Crippen molar-refractivity contribution in [1.82, 2.24) is 4.98 Å². The molecule has 5 aromatic rings. The van der Waals surface area contributed by atoms with Gasteiger partial charge in [0.2, 0.25) is 5.91 Å². The second-order valence-corrected chi connectivity index (χ2v) is 9.84. The van der Waals surface area contributed by atoms with E-state index in [-0.39, 0.29) is 24.5 Å². The van der Waals surface area contributed by atoms with Gasteiger partial charge in [0.25, 0.3) is 0 Å². The van der Waals surface area contributed by atoms with E-state index in [1.54, 1.807) is 12.1 Å². The predicted octanol–water partition coefficient (Wildman–Crippen LogP) is 8.05. The molecule has 0 unspecified atom stereocenters. The standard InChI is InChI=1S/C32H26N2O2S/c1-22-12-14-25(15-13-22)28(35)20-21-29(36)33-32-34-30(26-10-6-3-7-11-26)31(37-32)27-18-16-24(17-19-27)23-8-4-2-5-9-23/h2-19H,20-21H2,1H3,(H,33,34,36). The van der Waals surface area contributed by atoms with Gasteiger partial charge in [-0.2, -0.15) is 0 Å². The maximum atomic E-state index is 12.7. The average Bonchev–Trinajstić information content (AvgIpc) is 3.37. The van der Waals surface area contributed by atoms with Crippen LogP contribution in [0.4, 0.5) is 5.13 Å². The van der Waals surface area contributed by atoms with Gasteiger partial charge in [-0.25, -0.2) is 4.98 Å². The molecule has 0 saturated heterocycles. The van der Waals surface area contributed by atoms with E-state index in [1.807, 2.05) is 67.6 Å². The average molecular weight is 503 g/mol. The number of benzene rings is 4. The van der Waals surface area contributed by atoms with Crippen molar-refractivity contribution in [3.8, 4) is 32.8 Å². The SMILES string of the molecule is Cc1ccc(C(=O)CCC(=O)Nc2nc(-c3ccccc3)c(-c3ccc(-c4ccccc4)cc3)s2)cc1. The number of thiazole rings is 1. The number of hydrogen-bond acceptors (Lipinski definition) is 4. The number of rotatable bonds is 8. The molecule has 5 heteroatoms. The van der Waals surface area contributed by atoms with Crippen LogP contribution < -0.4 is 5.32 Å². The topological polar surface area (TPSA) is 59.1 Å². The summed E-state index contributed by atoms with van der Waals surface area (Å²) in [5, 5.41) is 3.43. The smallest absolute Gasteiger partial charge is 0.226 e. The van der Waals surface area contributed by atoms with Gasteiger partial charge in [-0.15, -0.1) is 0 Å². The summed E-state index contributed by atoms with van der Waals surface area (Å²) in [4.78, 5) is 30.9. The number of hydrogen-bond donors (Lipinski definition) is 1. The maximum Gasteiger partial charge on any atom is 0.226 e. The van der Waals surface area contributed by atoms with Crippen molar-refractivity contribution in [3.05, 3.63) is 120 Å². The van der Waals surface area contributed by atoms with E-state index in [0.717, 1.165) is 38.4 Å². The Morgan fingerprint density at radius 2 is 1.24 bits per heavy atom. The number of nitrogens with one attached hydrogen (secondary N) is 1. The third-order valence-corrected chi connectivity index (χ3v) is 7.15. The molecule has 5 rings (SSSR count). The quantitative estimate of drug-likeness (QED) is 0.218. The Balaban J connectivity index is 1.35. The minimum atomic E-state index is -0.222.